The molecule has 2 heterocycles. The number of fused-ring (bicyclic) bond motifs is 2. The first-order valence-corrected chi connectivity index (χ1v) is 4.20. The zero-order valence-corrected chi connectivity index (χ0v) is 7.18. The fraction of sp³-hybridized carbons (Fsp3) is 1.00. The Morgan fingerprint density at radius 2 is 2.38 bits per heavy atom. The summed E-state index contributed by atoms with van der Waals surface area (Å²) in [4.78, 5) is 0. The van der Waals surface area contributed by atoms with Crippen LogP contribution in [-0.4, -0.2) is 56.7 Å². The van der Waals surface area contributed by atoms with Gasteiger partial charge in [-0.25, -0.2) is 0 Å². The number of ether oxygens (including phenoxy) is 3. The second kappa shape index (κ2) is 3.22. The zero-order chi connectivity index (χ0) is 9.47. The zero-order valence-electron chi connectivity index (χ0n) is 7.18. The van der Waals surface area contributed by atoms with E-state index >= 15 is 0 Å². The average molecular weight is 185 g/mol. The van der Waals surface area contributed by atoms with Gasteiger partial charge in [-0.1, -0.05) is 0 Å². The van der Waals surface area contributed by atoms with E-state index in [0.717, 1.165) is 0 Å². The van der Waals surface area contributed by atoms with E-state index in [-0.39, 0.29) is 19.9 Å². The summed E-state index contributed by atoms with van der Waals surface area (Å²) in [6.07, 6.45) is -1.35. The predicted molar refractivity (Wildman–Crippen MR) is 44.1 cm³/mol. The summed E-state index contributed by atoms with van der Waals surface area (Å²) >= 11 is 0. The van der Waals surface area contributed by atoms with Crippen LogP contribution in [0.25, 0.3) is 0 Å². The van der Waals surface area contributed by atoms with E-state index in [9.17, 15) is 5.11 Å². The van der Waals surface area contributed by atoms with Gasteiger partial charge in [-0.15, -0.1) is 0 Å². The molecule has 0 aliphatic carbocycles. The van der Waals surface area contributed by atoms with Crippen molar-refractivity contribution in [2.45, 2.75) is 23.8 Å². The standard InChI is InChI=1S/C7H12BNO4/c8-6-4-5(10)7(1-9,13-6)2-11-3-12-4/h4-6,10H,1-3,9H2/t4?,5?,6-,7+/m1/s1. The number of aliphatic hydroxyl groups is 1. The molecule has 4 atom stereocenters. The van der Waals surface area contributed by atoms with Crippen molar-refractivity contribution in [1.29, 1.82) is 0 Å². The molecule has 2 aliphatic heterocycles. The molecular weight excluding hydrogens is 173 g/mol. The molecule has 2 aliphatic rings. The normalized spacial score (nSPS) is 50.5. The summed E-state index contributed by atoms with van der Waals surface area (Å²) in [6.45, 7) is 0.511. The monoisotopic (exact) mass is 185 g/mol. The highest BCUT2D eigenvalue weighted by Gasteiger charge is 2.54. The minimum atomic E-state index is -0.888. The van der Waals surface area contributed by atoms with Crippen molar-refractivity contribution in [2.75, 3.05) is 19.9 Å². The van der Waals surface area contributed by atoms with Crippen LogP contribution >= 0.6 is 0 Å². The van der Waals surface area contributed by atoms with E-state index in [2.05, 4.69) is 0 Å². The van der Waals surface area contributed by atoms with Crippen LogP contribution in [0.3, 0.4) is 0 Å². The highest BCUT2D eigenvalue weighted by Crippen LogP contribution is 2.33. The van der Waals surface area contributed by atoms with Gasteiger partial charge in [0.1, 0.15) is 32.4 Å². The fourth-order valence-electron chi connectivity index (χ4n) is 1.76. The molecule has 3 N–H and O–H groups in total. The number of nitrogens with two attached hydrogens (primary N) is 1. The summed E-state index contributed by atoms with van der Waals surface area (Å²) in [7, 11) is 5.62. The lowest BCUT2D eigenvalue weighted by atomic mass is 9.89. The van der Waals surface area contributed by atoms with Gasteiger partial charge < -0.3 is 25.1 Å². The minimum absolute atomic E-state index is 0.126. The molecule has 2 unspecified atom stereocenters. The van der Waals surface area contributed by atoms with Gasteiger partial charge in [-0.2, -0.15) is 0 Å². The molecule has 2 radical (unpaired) electrons. The maximum absolute atomic E-state index is 9.82. The average Bonchev–Trinajstić information content (AvgIpc) is 2.26. The molecular formula is C7H12BNO4. The smallest absolute Gasteiger partial charge is 0.147 e. The van der Waals surface area contributed by atoms with Crippen molar-refractivity contribution in [2.24, 2.45) is 5.73 Å². The number of hydrogen-bond donors (Lipinski definition) is 2. The van der Waals surface area contributed by atoms with E-state index in [0.29, 0.717) is 0 Å². The van der Waals surface area contributed by atoms with Gasteiger partial charge in [0.2, 0.25) is 0 Å². The van der Waals surface area contributed by atoms with Crippen molar-refractivity contribution < 1.29 is 19.3 Å². The third-order valence-electron chi connectivity index (χ3n) is 2.58. The van der Waals surface area contributed by atoms with Crippen LogP contribution < -0.4 is 5.73 Å². The Morgan fingerprint density at radius 3 is 3.08 bits per heavy atom. The highest BCUT2D eigenvalue weighted by molar-refractivity contribution is 6.11. The summed E-state index contributed by atoms with van der Waals surface area (Å²) in [5, 5.41) is 9.82. The van der Waals surface area contributed by atoms with Crippen molar-refractivity contribution in [1.82, 2.24) is 0 Å². The molecule has 6 heteroatoms. The lowest BCUT2D eigenvalue weighted by molar-refractivity contribution is -0.147. The van der Waals surface area contributed by atoms with Crippen molar-refractivity contribution in [3.05, 3.63) is 0 Å². The van der Waals surface area contributed by atoms with E-state index < -0.39 is 23.8 Å². The third-order valence-corrected chi connectivity index (χ3v) is 2.58. The molecule has 2 saturated heterocycles. The van der Waals surface area contributed by atoms with Crippen molar-refractivity contribution in [3.8, 4) is 0 Å². The lowest BCUT2D eigenvalue weighted by Gasteiger charge is -2.28. The summed E-state index contributed by atoms with van der Waals surface area (Å²) in [5.74, 6) is 0. The molecule has 13 heavy (non-hydrogen) atoms. The molecule has 2 rings (SSSR count). The molecule has 72 valence electrons. The van der Waals surface area contributed by atoms with E-state index in [1.807, 2.05) is 0 Å². The quantitative estimate of drug-likeness (QED) is 0.459. The van der Waals surface area contributed by atoms with Crippen LogP contribution in [0.2, 0.25) is 0 Å². The maximum Gasteiger partial charge on any atom is 0.147 e. The predicted octanol–water partition coefficient (Wildman–Crippen LogP) is -2.06. The SMILES string of the molecule is [B][C@@H]1O[C@@]2(CN)COCOC1C2O. The second-order valence-electron chi connectivity index (χ2n) is 3.39. The number of hydrogen-bond acceptors (Lipinski definition) is 5. The van der Waals surface area contributed by atoms with Gasteiger partial charge in [-0.3, -0.25) is 0 Å². The minimum Gasteiger partial charge on any atom is -0.387 e. The molecule has 0 saturated carbocycles. The second-order valence-corrected chi connectivity index (χ2v) is 3.39. The van der Waals surface area contributed by atoms with Gasteiger partial charge in [0.25, 0.3) is 0 Å². The van der Waals surface area contributed by atoms with E-state index in [4.69, 9.17) is 27.8 Å². The molecule has 0 aromatic rings. The summed E-state index contributed by atoms with van der Waals surface area (Å²) in [6, 6.07) is -0.623. The molecule has 2 fully saturated rings. The Morgan fingerprint density at radius 1 is 1.62 bits per heavy atom. The van der Waals surface area contributed by atoms with Crippen molar-refractivity contribution >= 4 is 7.85 Å². The number of aliphatic hydroxyl groups excluding tert-OH is 1. The Balaban J connectivity index is 2.24. The lowest BCUT2D eigenvalue weighted by Crippen LogP contribution is -2.51. The van der Waals surface area contributed by atoms with Gasteiger partial charge >= 0.3 is 0 Å². The Kier molecular flexibility index (Phi) is 2.33. The maximum atomic E-state index is 9.82. The van der Waals surface area contributed by atoms with E-state index in [1.54, 1.807) is 0 Å². The highest BCUT2D eigenvalue weighted by atomic mass is 16.7. The Hall–Kier alpha value is -0.135. The molecule has 0 aromatic carbocycles. The van der Waals surface area contributed by atoms with Crippen molar-refractivity contribution in [3.63, 3.8) is 0 Å². The van der Waals surface area contributed by atoms with Crippen LogP contribution in [0.15, 0.2) is 0 Å². The topological polar surface area (TPSA) is 73.9 Å². The molecule has 0 aromatic heterocycles. The number of rotatable bonds is 1. The molecule has 0 amide bonds. The first kappa shape index (κ1) is 9.42. The third kappa shape index (κ3) is 1.29. The largest absolute Gasteiger partial charge is 0.387 e. The van der Waals surface area contributed by atoms with Crippen LogP contribution in [0.5, 0.6) is 0 Å². The molecule has 5 nitrogen and oxygen atoms in total. The van der Waals surface area contributed by atoms with Crippen LogP contribution in [0, 0.1) is 0 Å². The Labute approximate surface area is 77.5 Å². The summed E-state index contributed by atoms with van der Waals surface area (Å²) in [5.41, 5.74) is 4.63. The van der Waals surface area contributed by atoms with E-state index in [1.165, 1.54) is 0 Å². The van der Waals surface area contributed by atoms with Gasteiger partial charge in [0.05, 0.1) is 6.61 Å². The van der Waals surface area contributed by atoms with Crippen LogP contribution in [-0.2, 0) is 14.2 Å². The molecule has 2 bridgehead atoms. The Bertz CT molecular complexity index is 205. The van der Waals surface area contributed by atoms with Crippen LogP contribution in [0.4, 0.5) is 0 Å². The van der Waals surface area contributed by atoms with Gasteiger partial charge in [0.15, 0.2) is 0 Å². The van der Waals surface area contributed by atoms with Gasteiger partial charge in [-0.05, 0) is 0 Å². The summed E-state index contributed by atoms with van der Waals surface area (Å²) < 4.78 is 15.6. The van der Waals surface area contributed by atoms with Gasteiger partial charge in [0, 0.05) is 12.5 Å². The first-order valence-electron chi connectivity index (χ1n) is 4.20. The molecule has 0 spiro atoms. The van der Waals surface area contributed by atoms with Crippen LogP contribution in [0.1, 0.15) is 0 Å². The fourth-order valence-corrected chi connectivity index (χ4v) is 1.76. The first-order chi connectivity index (χ1) is 6.19.